The Morgan fingerprint density at radius 3 is 1.85 bits per heavy atom. The Bertz CT molecular complexity index is 1210. The molecule has 7 heteroatoms. The second kappa shape index (κ2) is 7.79. The summed E-state index contributed by atoms with van der Waals surface area (Å²) >= 11 is 0. The quantitative estimate of drug-likeness (QED) is 0.409. The van der Waals surface area contributed by atoms with E-state index in [9.17, 15) is 4.79 Å². The summed E-state index contributed by atoms with van der Waals surface area (Å²) < 4.78 is 12.8. The lowest BCUT2D eigenvalue weighted by Gasteiger charge is -2.32. The molecule has 2 aliphatic heterocycles. The Kier molecular flexibility index (Phi) is 5.15. The highest BCUT2D eigenvalue weighted by atomic mass is 16.7. The van der Waals surface area contributed by atoms with Crippen LogP contribution in [0.2, 0.25) is 0 Å². The molecule has 5 nitrogen and oxygen atoms in total. The molecule has 0 atom stereocenters. The molecule has 166 valence electrons. The topological polar surface area (TPSA) is 59.6 Å². The highest BCUT2D eigenvalue weighted by Gasteiger charge is 2.52. The van der Waals surface area contributed by atoms with Crippen molar-refractivity contribution in [3.63, 3.8) is 0 Å². The molecule has 1 saturated heterocycles. The van der Waals surface area contributed by atoms with Gasteiger partial charge in [0.05, 0.1) is 11.2 Å². The maximum absolute atomic E-state index is 11.8. The Morgan fingerprint density at radius 2 is 1.33 bits per heavy atom. The molecular weight excluding hydrogens is 410 g/mol. The number of anilines is 2. The van der Waals surface area contributed by atoms with Crippen molar-refractivity contribution in [2.45, 2.75) is 45.8 Å². The van der Waals surface area contributed by atoms with Crippen molar-refractivity contribution >= 4 is 47.5 Å². The van der Waals surface area contributed by atoms with Crippen molar-refractivity contribution in [1.82, 2.24) is 0 Å². The normalized spacial score (nSPS) is 18.8. The lowest BCUT2D eigenvalue weighted by atomic mass is 9.63. The van der Waals surface area contributed by atoms with Gasteiger partial charge in [-0.3, -0.25) is 4.79 Å². The number of ketones is 1. The first-order valence-electron chi connectivity index (χ1n) is 11.4. The number of rotatable bonds is 4. The smallest absolute Gasteiger partial charge is 0.405 e. The highest BCUT2D eigenvalue weighted by Crippen LogP contribution is 2.41. The summed E-state index contributed by atoms with van der Waals surface area (Å²) in [5.41, 5.74) is 3.82. The van der Waals surface area contributed by atoms with E-state index < -0.39 is 18.3 Å². The van der Waals surface area contributed by atoms with Gasteiger partial charge in [-0.05, 0) is 63.2 Å². The van der Waals surface area contributed by atoms with Gasteiger partial charge in [0.25, 0.3) is 0 Å². The summed E-state index contributed by atoms with van der Waals surface area (Å²) in [6, 6.07) is 20.2. The minimum absolute atomic E-state index is 0.0445. The fourth-order valence-electron chi connectivity index (χ4n) is 4.39. The molecule has 0 bridgehead atoms. The molecule has 0 spiro atoms. The van der Waals surface area contributed by atoms with E-state index in [-0.39, 0.29) is 12.8 Å². The third-order valence-corrected chi connectivity index (χ3v) is 7.00. The number of nitrogens with one attached hydrogen (secondary N) is 2. The first-order valence-corrected chi connectivity index (χ1v) is 11.4. The number of Topliss-reactive ketones (excluding diaryl/α,β-unsaturated/α-hetero) is 1. The second-order valence-corrected chi connectivity index (χ2v) is 9.82. The highest BCUT2D eigenvalue weighted by molar-refractivity contribution is 6.79. The maximum atomic E-state index is 11.8. The van der Waals surface area contributed by atoms with Gasteiger partial charge in [0, 0.05) is 22.3 Å². The molecule has 2 N–H and O–H groups in total. The SMILES string of the molecule is CC(=O)c1ccc(/C(=C/B2Nc3cccc4cccc(c34)N2)B2OC(C)(C)C(C)(C)O2)cc1. The number of hydrogen-bond acceptors (Lipinski definition) is 5. The number of carbonyl (C=O) groups is 1. The first kappa shape index (κ1) is 21.8. The van der Waals surface area contributed by atoms with E-state index in [1.165, 1.54) is 10.8 Å². The lowest BCUT2D eigenvalue weighted by molar-refractivity contribution is 0.00578. The van der Waals surface area contributed by atoms with Gasteiger partial charge in [0.1, 0.15) is 0 Å². The summed E-state index contributed by atoms with van der Waals surface area (Å²) in [5.74, 6) is 2.17. The van der Waals surface area contributed by atoms with E-state index in [1.54, 1.807) is 6.92 Å². The third kappa shape index (κ3) is 3.85. The van der Waals surface area contributed by atoms with Crippen LogP contribution in [0.25, 0.3) is 16.2 Å². The molecule has 0 aliphatic carbocycles. The van der Waals surface area contributed by atoms with Gasteiger partial charge in [-0.15, -0.1) is 0 Å². The van der Waals surface area contributed by atoms with Crippen LogP contribution < -0.4 is 10.5 Å². The van der Waals surface area contributed by atoms with Crippen LogP contribution in [0.5, 0.6) is 0 Å². The van der Waals surface area contributed by atoms with Crippen LogP contribution in [0.1, 0.15) is 50.5 Å². The number of benzene rings is 3. The molecule has 33 heavy (non-hydrogen) atoms. The van der Waals surface area contributed by atoms with Crippen molar-refractivity contribution in [3.8, 4) is 0 Å². The van der Waals surface area contributed by atoms with E-state index in [0.717, 1.165) is 22.4 Å². The Balaban J connectivity index is 1.55. The van der Waals surface area contributed by atoms with E-state index in [1.807, 2.05) is 24.3 Å². The molecule has 3 aromatic carbocycles. The zero-order valence-electron chi connectivity index (χ0n) is 19.7. The molecule has 1 fully saturated rings. The zero-order chi connectivity index (χ0) is 23.4. The Hall–Kier alpha value is -3.02. The van der Waals surface area contributed by atoms with Crippen molar-refractivity contribution < 1.29 is 14.1 Å². The van der Waals surface area contributed by atoms with Crippen LogP contribution in [0.4, 0.5) is 11.4 Å². The van der Waals surface area contributed by atoms with E-state index in [0.29, 0.717) is 5.56 Å². The monoisotopic (exact) mass is 438 g/mol. The summed E-state index contributed by atoms with van der Waals surface area (Å²) in [6.45, 7) is 9.63. The minimum Gasteiger partial charge on any atom is -0.405 e. The summed E-state index contributed by atoms with van der Waals surface area (Å²) in [5, 5.41) is 9.59. The molecule has 3 aromatic rings. The Labute approximate surface area is 195 Å². The average Bonchev–Trinajstić information content (AvgIpc) is 2.99. The summed E-state index contributed by atoms with van der Waals surface area (Å²) in [4.78, 5) is 11.8. The molecule has 0 saturated carbocycles. The zero-order valence-corrected chi connectivity index (χ0v) is 19.7. The predicted molar refractivity (Wildman–Crippen MR) is 137 cm³/mol. The lowest BCUT2D eigenvalue weighted by Crippen LogP contribution is -2.41. The van der Waals surface area contributed by atoms with Crippen LogP contribution >= 0.6 is 0 Å². The molecule has 2 heterocycles. The van der Waals surface area contributed by atoms with E-state index in [2.05, 4.69) is 80.5 Å². The molecule has 2 aliphatic rings. The van der Waals surface area contributed by atoms with Crippen LogP contribution in [-0.2, 0) is 9.31 Å². The summed E-state index contributed by atoms with van der Waals surface area (Å²) in [7, 11) is -0.533. The molecule has 0 radical (unpaired) electrons. The maximum Gasteiger partial charge on any atom is 0.494 e. The van der Waals surface area contributed by atoms with Crippen LogP contribution in [0, 0.1) is 0 Å². The van der Waals surface area contributed by atoms with Crippen molar-refractivity contribution in [2.75, 3.05) is 10.5 Å². The molecule has 0 aromatic heterocycles. The van der Waals surface area contributed by atoms with Crippen LogP contribution in [0.15, 0.2) is 66.6 Å². The largest absolute Gasteiger partial charge is 0.494 e. The van der Waals surface area contributed by atoms with Gasteiger partial charge < -0.3 is 19.8 Å². The van der Waals surface area contributed by atoms with Crippen molar-refractivity contribution in [1.29, 1.82) is 0 Å². The fraction of sp³-hybridized carbons (Fsp3) is 0.269. The van der Waals surface area contributed by atoms with Gasteiger partial charge in [0.2, 0.25) is 0 Å². The van der Waals surface area contributed by atoms with E-state index >= 15 is 0 Å². The Morgan fingerprint density at radius 1 is 0.818 bits per heavy atom. The van der Waals surface area contributed by atoms with Gasteiger partial charge in [-0.1, -0.05) is 54.5 Å². The van der Waals surface area contributed by atoms with Gasteiger partial charge >= 0.3 is 14.1 Å². The predicted octanol–water partition coefficient (Wildman–Crippen LogP) is 5.62. The number of carbonyl (C=O) groups excluding carboxylic acids is 1. The standard InChI is InChI=1S/C26H28B2N2O3/c1-17(31)18-12-14-19(15-13-18)21(28-32-25(2,3)26(4,5)33-28)16-27-29-22-10-6-8-20-9-7-11-23(30-27)24(20)22/h6-16,29-30H,1-5H3/b21-16-. The minimum atomic E-state index is -0.533. The van der Waals surface area contributed by atoms with Gasteiger partial charge in [-0.2, -0.15) is 0 Å². The van der Waals surface area contributed by atoms with Crippen molar-refractivity contribution in [2.24, 2.45) is 0 Å². The van der Waals surface area contributed by atoms with Gasteiger partial charge in [-0.25, -0.2) is 0 Å². The van der Waals surface area contributed by atoms with Crippen LogP contribution in [0.3, 0.4) is 0 Å². The fourth-order valence-corrected chi connectivity index (χ4v) is 4.39. The average molecular weight is 438 g/mol. The molecule has 5 rings (SSSR count). The van der Waals surface area contributed by atoms with Crippen LogP contribution in [-0.4, -0.2) is 31.1 Å². The molecular formula is C26H28B2N2O3. The second-order valence-electron chi connectivity index (χ2n) is 9.82. The molecule has 0 amide bonds. The summed E-state index contributed by atoms with van der Waals surface area (Å²) in [6.07, 6.45) is 0. The van der Waals surface area contributed by atoms with Gasteiger partial charge in [0.15, 0.2) is 5.78 Å². The first-order chi connectivity index (χ1) is 15.6. The van der Waals surface area contributed by atoms with E-state index in [4.69, 9.17) is 9.31 Å². The third-order valence-electron chi connectivity index (χ3n) is 7.00. The van der Waals surface area contributed by atoms with Crippen molar-refractivity contribution in [3.05, 3.63) is 77.8 Å². The molecule has 0 unspecified atom stereocenters. The number of hydrogen-bond donors (Lipinski definition) is 2.